The van der Waals surface area contributed by atoms with Crippen LogP contribution in [0.5, 0.6) is 5.75 Å². The topological polar surface area (TPSA) is 58.3 Å². The van der Waals surface area contributed by atoms with E-state index in [4.69, 9.17) is 5.73 Å². The van der Waals surface area contributed by atoms with Crippen LogP contribution in [0.25, 0.3) is 0 Å². The molecule has 102 valence electrons. The van der Waals surface area contributed by atoms with Gasteiger partial charge < -0.3 is 16.2 Å². The fourth-order valence-corrected chi connectivity index (χ4v) is 3.56. The lowest BCUT2D eigenvalue weighted by atomic mass is 9.86. The molecule has 0 bridgehead atoms. The smallest absolute Gasteiger partial charge is 0.134 e. The lowest BCUT2D eigenvalue weighted by Crippen LogP contribution is -2.33. The number of hydrogen-bond acceptors (Lipinski definition) is 3. The minimum Gasteiger partial charge on any atom is -0.506 e. The Labute approximate surface area is 130 Å². The van der Waals surface area contributed by atoms with E-state index in [0.717, 1.165) is 36.0 Å². The first-order valence-electron chi connectivity index (χ1n) is 5.74. The monoisotopic (exact) mass is 398 g/mol. The van der Waals surface area contributed by atoms with Gasteiger partial charge in [-0.15, -0.1) is 12.4 Å². The molecule has 3 nitrogen and oxygen atoms in total. The van der Waals surface area contributed by atoms with Gasteiger partial charge in [0.05, 0.1) is 4.47 Å². The van der Waals surface area contributed by atoms with Crippen molar-refractivity contribution >= 4 is 44.3 Å². The number of nitrogens with one attached hydrogen (secondary N) is 1. The van der Waals surface area contributed by atoms with Crippen molar-refractivity contribution in [1.82, 2.24) is 5.32 Å². The first kappa shape index (κ1) is 16.2. The number of benzene rings is 1. The lowest BCUT2D eigenvalue weighted by Gasteiger charge is -2.29. The molecule has 0 unspecified atom stereocenters. The van der Waals surface area contributed by atoms with E-state index in [-0.39, 0.29) is 24.2 Å². The SMILES string of the molecule is Cl.N[C@@H](c1cc(Br)cc(Br)c1O)C1CCNCC1. The molecule has 0 saturated carbocycles. The van der Waals surface area contributed by atoms with Crippen LogP contribution < -0.4 is 11.1 Å². The molecule has 1 aromatic carbocycles. The van der Waals surface area contributed by atoms with E-state index in [1.807, 2.05) is 12.1 Å². The highest BCUT2D eigenvalue weighted by molar-refractivity contribution is 9.11. The Hall–Kier alpha value is 0.190. The summed E-state index contributed by atoms with van der Waals surface area (Å²) in [4.78, 5) is 0. The van der Waals surface area contributed by atoms with E-state index in [0.29, 0.717) is 10.4 Å². The van der Waals surface area contributed by atoms with Gasteiger partial charge in [0, 0.05) is 16.1 Å². The molecule has 1 heterocycles. The maximum atomic E-state index is 10.1. The zero-order valence-corrected chi connectivity index (χ0v) is 13.8. The average Bonchev–Trinajstić information content (AvgIpc) is 2.34. The Morgan fingerprint density at radius 2 is 1.89 bits per heavy atom. The number of rotatable bonds is 2. The van der Waals surface area contributed by atoms with Gasteiger partial charge in [-0.05, 0) is 59.9 Å². The summed E-state index contributed by atoms with van der Waals surface area (Å²) in [5.74, 6) is 0.697. The Morgan fingerprint density at radius 3 is 2.50 bits per heavy atom. The summed E-state index contributed by atoms with van der Waals surface area (Å²) in [7, 11) is 0. The summed E-state index contributed by atoms with van der Waals surface area (Å²) in [6, 6.07) is 3.63. The highest BCUT2D eigenvalue weighted by Gasteiger charge is 2.24. The standard InChI is InChI=1S/C12H16Br2N2O.ClH/c13-8-5-9(12(17)10(14)6-8)11(15)7-1-3-16-4-2-7;/h5-7,11,16-17H,1-4,15H2;1H/t11-;/m1./s1. The highest BCUT2D eigenvalue weighted by atomic mass is 79.9. The molecule has 6 heteroatoms. The third kappa shape index (κ3) is 3.61. The van der Waals surface area contributed by atoms with Crippen LogP contribution in [0.3, 0.4) is 0 Å². The number of phenols is 1. The first-order chi connectivity index (χ1) is 8.09. The zero-order valence-electron chi connectivity index (χ0n) is 9.83. The van der Waals surface area contributed by atoms with Crippen molar-refractivity contribution < 1.29 is 5.11 Å². The summed E-state index contributed by atoms with van der Waals surface area (Å²) in [5, 5.41) is 13.4. The third-order valence-electron chi connectivity index (χ3n) is 3.31. The van der Waals surface area contributed by atoms with Crippen LogP contribution in [0.1, 0.15) is 24.4 Å². The molecule has 0 radical (unpaired) electrons. The second-order valence-corrected chi connectivity index (χ2v) is 6.21. The van der Waals surface area contributed by atoms with E-state index in [1.165, 1.54) is 0 Å². The van der Waals surface area contributed by atoms with Crippen LogP contribution in [0.2, 0.25) is 0 Å². The minimum atomic E-state index is -0.106. The van der Waals surface area contributed by atoms with Crippen molar-refractivity contribution in [2.75, 3.05) is 13.1 Å². The van der Waals surface area contributed by atoms with Crippen LogP contribution in [-0.4, -0.2) is 18.2 Å². The molecule has 1 saturated heterocycles. The third-order valence-corrected chi connectivity index (χ3v) is 4.37. The Balaban J connectivity index is 0.00000162. The summed E-state index contributed by atoms with van der Waals surface area (Å²) in [6.45, 7) is 2.02. The highest BCUT2D eigenvalue weighted by Crippen LogP contribution is 2.38. The summed E-state index contributed by atoms with van der Waals surface area (Å²) in [6.07, 6.45) is 2.12. The molecule has 0 spiro atoms. The molecule has 0 amide bonds. The molecular formula is C12H17Br2ClN2O. The van der Waals surface area contributed by atoms with Gasteiger partial charge in [-0.3, -0.25) is 0 Å². The second-order valence-electron chi connectivity index (χ2n) is 4.44. The Kier molecular flexibility index (Phi) is 6.41. The second kappa shape index (κ2) is 7.10. The maximum absolute atomic E-state index is 10.1. The molecule has 1 atom stereocenters. The molecule has 0 aliphatic carbocycles. The molecule has 1 aromatic rings. The van der Waals surface area contributed by atoms with E-state index in [2.05, 4.69) is 37.2 Å². The average molecular weight is 401 g/mol. The summed E-state index contributed by atoms with van der Waals surface area (Å²) < 4.78 is 1.62. The summed E-state index contributed by atoms with van der Waals surface area (Å²) in [5.41, 5.74) is 7.10. The van der Waals surface area contributed by atoms with Gasteiger partial charge in [-0.25, -0.2) is 0 Å². The molecule has 18 heavy (non-hydrogen) atoms. The number of piperidine rings is 1. The minimum absolute atomic E-state index is 0. The van der Waals surface area contributed by atoms with Crippen molar-refractivity contribution in [3.63, 3.8) is 0 Å². The van der Waals surface area contributed by atoms with Crippen LogP contribution in [0, 0.1) is 5.92 Å². The molecule has 2 rings (SSSR count). The lowest BCUT2D eigenvalue weighted by molar-refractivity contribution is 0.315. The molecule has 0 aromatic heterocycles. The van der Waals surface area contributed by atoms with Gasteiger partial charge in [-0.1, -0.05) is 15.9 Å². The van der Waals surface area contributed by atoms with Gasteiger partial charge >= 0.3 is 0 Å². The largest absolute Gasteiger partial charge is 0.506 e. The molecule has 1 aliphatic heterocycles. The van der Waals surface area contributed by atoms with Crippen molar-refractivity contribution in [1.29, 1.82) is 0 Å². The van der Waals surface area contributed by atoms with E-state index in [9.17, 15) is 5.11 Å². The van der Waals surface area contributed by atoms with Crippen molar-refractivity contribution in [3.8, 4) is 5.75 Å². The van der Waals surface area contributed by atoms with Crippen LogP contribution >= 0.6 is 44.3 Å². The molecular weight excluding hydrogens is 383 g/mol. The quantitative estimate of drug-likeness (QED) is 0.714. The zero-order chi connectivity index (χ0) is 12.4. The fraction of sp³-hybridized carbons (Fsp3) is 0.500. The van der Waals surface area contributed by atoms with Gasteiger partial charge in [0.2, 0.25) is 0 Å². The van der Waals surface area contributed by atoms with Crippen molar-refractivity contribution in [2.24, 2.45) is 11.7 Å². The van der Waals surface area contributed by atoms with Crippen molar-refractivity contribution in [3.05, 3.63) is 26.6 Å². The van der Waals surface area contributed by atoms with E-state index in [1.54, 1.807) is 0 Å². The van der Waals surface area contributed by atoms with Crippen LogP contribution in [0.4, 0.5) is 0 Å². The van der Waals surface area contributed by atoms with Gasteiger partial charge in [0.25, 0.3) is 0 Å². The number of halogens is 3. The predicted octanol–water partition coefficient (Wildman–Crippen LogP) is 3.34. The van der Waals surface area contributed by atoms with Crippen LogP contribution in [0.15, 0.2) is 21.1 Å². The Bertz CT molecular complexity index is 411. The number of aromatic hydroxyl groups is 1. The first-order valence-corrected chi connectivity index (χ1v) is 7.32. The predicted molar refractivity (Wildman–Crippen MR) is 83.3 cm³/mol. The van der Waals surface area contributed by atoms with E-state index < -0.39 is 0 Å². The maximum Gasteiger partial charge on any atom is 0.134 e. The van der Waals surface area contributed by atoms with Crippen LogP contribution in [-0.2, 0) is 0 Å². The Morgan fingerprint density at radius 1 is 1.28 bits per heavy atom. The number of nitrogens with two attached hydrogens (primary N) is 1. The van der Waals surface area contributed by atoms with Gasteiger partial charge in [0.15, 0.2) is 0 Å². The summed E-state index contributed by atoms with van der Waals surface area (Å²) >= 11 is 6.77. The van der Waals surface area contributed by atoms with Gasteiger partial charge in [0.1, 0.15) is 5.75 Å². The molecule has 1 aliphatic rings. The van der Waals surface area contributed by atoms with Crippen molar-refractivity contribution in [2.45, 2.75) is 18.9 Å². The number of phenolic OH excluding ortho intramolecular Hbond substituents is 1. The number of hydrogen-bond donors (Lipinski definition) is 3. The van der Waals surface area contributed by atoms with Gasteiger partial charge in [-0.2, -0.15) is 0 Å². The normalized spacial score (nSPS) is 18.2. The molecule has 4 N–H and O–H groups in total. The molecule has 1 fully saturated rings. The van der Waals surface area contributed by atoms with E-state index >= 15 is 0 Å². The fourth-order valence-electron chi connectivity index (χ4n) is 2.30.